The van der Waals surface area contributed by atoms with E-state index in [1.165, 1.54) is 212 Å². The lowest BCUT2D eigenvalue weighted by molar-refractivity contribution is -0.167. The zero-order chi connectivity index (χ0) is 45.1. The normalized spacial score (nSPS) is 12.0. The zero-order valence-electron chi connectivity index (χ0n) is 41.9. The van der Waals surface area contributed by atoms with Crippen LogP contribution >= 0.6 is 0 Å². The zero-order valence-corrected chi connectivity index (χ0v) is 41.9. The first-order valence-corrected chi connectivity index (χ1v) is 27.7. The van der Waals surface area contributed by atoms with Crippen molar-refractivity contribution in [2.45, 2.75) is 316 Å². The molecule has 0 heterocycles. The van der Waals surface area contributed by atoms with Gasteiger partial charge in [-0.05, 0) is 44.9 Å². The maximum absolute atomic E-state index is 12.8. The van der Waals surface area contributed by atoms with Crippen LogP contribution in [0.3, 0.4) is 0 Å². The molecule has 0 saturated heterocycles. The van der Waals surface area contributed by atoms with E-state index in [-0.39, 0.29) is 31.1 Å². The van der Waals surface area contributed by atoms with Gasteiger partial charge in [0.1, 0.15) is 13.2 Å². The molecule has 0 aliphatic heterocycles. The molecule has 62 heavy (non-hydrogen) atoms. The van der Waals surface area contributed by atoms with Gasteiger partial charge in [0.2, 0.25) is 0 Å². The highest BCUT2D eigenvalue weighted by molar-refractivity contribution is 5.71. The lowest BCUT2D eigenvalue weighted by Gasteiger charge is -2.18. The molecule has 0 N–H and O–H groups in total. The monoisotopic (exact) mass is 875 g/mol. The number of hydrogen-bond donors (Lipinski definition) is 0. The fraction of sp³-hybridized carbons (Fsp3) is 0.911. The number of unbranched alkanes of at least 4 members (excludes halogenated alkanes) is 38. The number of carbonyl (C=O) groups excluding carboxylic acids is 3. The Labute approximate surface area is 386 Å². The van der Waals surface area contributed by atoms with Crippen molar-refractivity contribution in [2.24, 2.45) is 0 Å². The Morgan fingerprint density at radius 3 is 0.806 bits per heavy atom. The van der Waals surface area contributed by atoms with Crippen molar-refractivity contribution in [3.63, 3.8) is 0 Å². The van der Waals surface area contributed by atoms with Crippen molar-refractivity contribution in [2.75, 3.05) is 13.2 Å². The van der Waals surface area contributed by atoms with Crippen LogP contribution in [0.15, 0.2) is 12.2 Å². The number of esters is 3. The summed E-state index contributed by atoms with van der Waals surface area (Å²) in [6.07, 6.45) is 58.0. The van der Waals surface area contributed by atoms with Gasteiger partial charge in [-0.3, -0.25) is 14.4 Å². The van der Waals surface area contributed by atoms with Crippen LogP contribution in [0.2, 0.25) is 0 Å². The molecule has 0 aromatic carbocycles. The minimum Gasteiger partial charge on any atom is -0.462 e. The molecule has 0 radical (unpaired) electrons. The van der Waals surface area contributed by atoms with Gasteiger partial charge in [0, 0.05) is 19.3 Å². The number of rotatable bonds is 51. The summed E-state index contributed by atoms with van der Waals surface area (Å²) in [6, 6.07) is 0. The Kier molecular flexibility index (Phi) is 50.2. The molecule has 0 fully saturated rings. The van der Waals surface area contributed by atoms with E-state index < -0.39 is 6.10 Å². The number of ether oxygens (including phenoxy) is 3. The van der Waals surface area contributed by atoms with Crippen LogP contribution in [0.1, 0.15) is 310 Å². The highest BCUT2D eigenvalue weighted by Gasteiger charge is 2.19. The predicted octanol–water partition coefficient (Wildman–Crippen LogP) is 18.2. The van der Waals surface area contributed by atoms with E-state index >= 15 is 0 Å². The molecule has 1 atom stereocenters. The Balaban J connectivity index is 4.11. The van der Waals surface area contributed by atoms with Crippen LogP contribution in [0.5, 0.6) is 0 Å². The van der Waals surface area contributed by atoms with Gasteiger partial charge in [0.15, 0.2) is 6.10 Å². The Bertz CT molecular complexity index is 962. The summed E-state index contributed by atoms with van der Waals surface area (Å²) in [5.74, 6) is -0.863. The van der Waals surface area contributed by atoms with Gasteiger partial charge in [-0.25, -0.2) is 0 Å². The first-order chi connectivity index (χ1) is 30.5. The van der Waals surface area contributed by atoms with Crippen molar-refractivity contribution in [1.29, 1.82) is 0 Å². The van der Waals surface area contributed by atoms with Crippen LogP contribution in [0, 0.1) is 0 Å². The molecule has 0 bridgehead atoms. The molecule has 0 amide bonds. The van der Waals surface area contributed by atoms with Crippen molar-refractivity contribution in [1.82, 2.24) is 0 Å². The van der Waals surface area contributed by atoms with Crippen LogP contribution in [0.25, 0.3) is 0 Å². The van der Waals surface area contributed by atoms with Gasteiger partial charge in [0.25, 0.3) is 0 Å². The van der Waals surface area contributed by atoms with E-state index in [2.05, 4.69) is 32.9 Å². The Morgan fingerprint density at radius 2 is 0.532 bits per heavy atom. The van der Waals surface area contributed by atoms with Crippen LogP contribution in [-0.4, -0.2) is 37.2 Å². The number of allylic oxidation sites excluding steroid dienone is 2. The standard InChI is InChI=1S/C56H106O6/c1-4-7-10-13-16-18-20-22-24-26-27-28-29-31-32-34-36-38-40-43-46-49-55(58)61-52-53(51-60-54(57)48-45-42-15-12-9-6-3)62-56(59)50-47-44-41-39-37-35-33-30-25-23-21-19-17-14-11-8-5-2/h23,25,53H,4-22,24,26-52H2,1-3H3/b25-23-. The van der Waals surface area contributed by atoms with Gasteiger partial charge in [-0.2, -0.15) is 0 Å². The SMILES string of the molecule is CCCCCCCC/C=C\CCCCCCCCCC(=O)OC(COC(=O)CCCCCCCC)COC(=O)CCCCCCCCCCCCCCCCCCCCCCC. The second-order valence-electron chi connectivity index (χ2n) is 18.9. The minimum atomic E-state index is -0.764. The highest BCUT2D eigenvalue weighted by atomic mass is 16.6. The lowest BCUT2D eigenvalue weighted by atomic mass is 10.0. The van der Waals surface area contributed by atoms with Crippen LogP contribution < -0.4 is 0 Å². The molecule has 0 aliphatic rings. The third kappa shape index (κ3) is 49.2. The largest absolute Gasteiger partial charge is 0.462 e. The fourth-order valence-corrected chi connectivity index (χ4v) is 8.32. The summed E-state index contributed by atoms with van der Waals surface area (Å²) in [5, 5.41) is 0. The van der Waals surface area contributed by atoms with Crippen LogP contribution in [-0.2, 0) is 28.6 Å². The maximum Gasteiger partial charge on any atom is 0.306 e. The molecule has 0 spiro atoms. The Morgan fingerprint density at radius 1 is 0.306 bits per heavy atom. The molecule has 0 aromatic heterocycles. The second kappa shape index (κ2) is 51.8. The summed E-state index contributed by atoms with van der Waals surface area (Å²) in [4.78, 5) is 37.8. The molecule has 6 heteroatoms. The van der Waals surface area contributed by atoms with E-state index in [0.29, 0.717) is 19.3 Å². The summed E-state index contributed by atoms with van der Waals surface area (Å²) in [7, 11) is 0. The van der Waals surface area contributed by atoms with E-state index in [0.717, 1.165) is 57.8 Å². The van der Waals surface area contributed by atoms with E-state index in [1.807, 2.05) is 0 Å². The smallest absolute Gasteiger partial charge is 0.306 e. The quantitative estimate of drug-likeness (QED) is 0.0262. The summed E-state index contributed by atoms with van der Waals surface area (Å²) < 4.78 is 16.7. The summed E-state index contributed by atoms with van der Waals surface area (Å²) in [5.41, 5.74) is 0. The highest BCUT2D eigenvalue weighted by Crippen LogP contribution is 2.17. The van der Waals surface area contributed by atoms with E-state index in [4.69, 9.17) is 14.2 Å². The van der Waals surface area contributed by atoms with Gasteiger partial charge in [-0.15, -0.1) is 0 Å². The molecule has 0 rings (SSSR count). The number of carbonyl (C=O) groups is 3. The van der Waals surface area contributed by atoms with Gasteiger partial charge in [0.05, 0.1) is 0 Å². The molecule has 1 unspecified atom stereocenters. The van der Waals surface area contributed by atoms with E-state index in [9.17, 15) is 14.4 Å². The first-order valence-electron chi connectivity index (χ1n) is 27.7. The van der Waals surface area contributed by atoms with Crippen molar-refractivity contribution < 1.29 is 28.6 Å². The topological polar surface area (TPSA) is 78.9 Å². The Hall–Kier alpha value is -1.85. The average molecular weight is 875 g/mol. The third-order valence-corrected chi connectivity index (χ3v) is 12.5. The second-order valence-corrected chi connectivity index (χ2v) is 18.9. The molecular weight excluding hydrogens is 769 g/mol. The average Bonchev–Trinajstić information content (AvgIpc) is 3.27. The van der Waals surface area contributed by atoms with Crippen molar-refractivity contribution >= 4 is 17.9 Å². The van der Waals surface area contributed by atoms with Crippen molar-refractivity contribution in [3.8, 4) is 0 Å². The predicted molar refractivity (Wildman–Crippen MR) is 266 cm³/mol. The maximum atomic E-state index is 12.8. The van der Waals surface area contributed by atoms with Crippen molar-refractivity contribution in [3.05, 3.63) is 12.2 Å². The van der Waals surface area contributed by atoms with Crippen LogP contribution in [0.4, 0.5) is 0 Å². The van der Waals surface area contributed by atoms with Gasteiger partial charge >= 0.3 is 17.9 Å². The molecular formula is C56H106O6. The molecule has 366 valence electrons. The van der Waals surface area contributed by atoms with Gasteiger partial charge in [-0.1, -0.05) is 258 Å². The third-order valence-electron chi connectivity index (χ3n) is 12.5. The summed E-state index contributed by atoms with van der Waals surface area (Å²) in [6.45, 7) is 6.62. The van der Waals surface area contributed by atoms with Gasteiger partial charge < -0.3 is 14.2 Å². The molecule has 0 aromatic rings. The molecule has 6 nitrogen and oxygen atoms in total. The molecule has 0 saturated carbocycles. The minimum absolute atomic E-state index is 0.0671. The first kappa shape index (κ1) is 60.2. The lowest BCUT2D eigenvalue weighted by Crippen LogP contribution is -2.30. The fourth-order valence-electron chi connectivity index (χ4n) is 8.32. The van der Waals surface area contributed by atoms with E-state index in [1.54, 1.807) is 0 Å². The summed E-state index contributed by atoms with van der Waals surface area (Å²) >= 11 is 0. The number of hydrogen-bond acceptors (Lipinski definition) is 6. The molecule has 0 aliphatic carbocycles.